The summed E-state index contributed by atoms with van der Waals surface area (Å²) in [6.07, 6.45) is 2.58. The zero-order valence-corrected chi connectivity index (χ0v) is 10.7. The lowest BCUT2D eigenvalue weighted by Crippen LogP contribution is -2.40. The van der Waals surface area contributed by atoms with Crippen molar-refractivity contribution < 1.29 is 0 Å². The van der Waals surface area contributed by atoms with Crippen molar-refractivity contribution in [3.8, 4) is 0 Å². The molecule has 0 saturated carbocycles. The molecule has 3 heteroatoms. The molecule has 0 amide bonds. The summed E-state index contributed by atoms with van der Waals surface area (Å²) in [5.41, 5.74) is 7.01. The summed E-state index contributed by atoms with van der Waals surface area (Å²) in [5, 5.41) is 1.42. The fourth-order valence-electron chi connectivity index (χ4n) is 1.55. The molecule has 2 N–H and O–H groups in total. The first kappa shape index (κ1) is 12.8. The van der Waals surface area contributed by atoms with Gasteiger partial charge in [0.25, 0.3) is 0 Å². The molecule has 0 bridgehead atoms. The van der Waals surface area contributed by atoms with E-state index in [-0.39, 0.29) is 5.54 Å². The molecule has 0 aliphatic heterocycles. The molecule has 0 heterocycles. The van der Waals surface area contributed by atoms with Crippen LogP contribution in [0.4, 0.5) is 0 Å². The Morgan fingerprint density at radius 3 is 2.00 bits per heavy atom. The second kappa shape index (κ2) is 5.20. The molecule has 0 unspecified atom stereocenters. The molecule has 0 spiro atoms. The van der Waals surface area contributed by atoms with Gasteiger partial charge in [-0.05, 0) is 37.0 Å². The molecule has 1 aromatic rings. The van der Waals surface area contributed by atoms with Gasteiger partial charge in [0.1, 0.15) is 0 Å². The number of rotatable bonds is 4. The van der Waals surface area contributed by atoms with Crippen LogP contribution >= 0.6 is 23.2 Å². The van der Waals surface area contributed by atoms with Crippen molar-refractivity contribution in [2.45, 2.75) is 38.6 Å². The van der Waals surface area contributed by atoms with Gasteiger partial charge in [0.05, 0.1) is 0 Å². The summed E-state index contributed by atoms with van der Waals surface area (Å²) in [4.78, 5) is 0. The molecule has 0 saturated heterocycles. The highest BCUT2D eigenvalue weighted by Gasteiger charge is 2.23. The summed E-state index contributed by atoms with van der Waals surface area (Å²) < 4.78 is 0. The maximum Gasteiger partial charge on any atom is 0.0453 e. The molecule has 0 aliphatic carbocycles. The van der Waals surface area contributed by atoms with E-state index >= 15 is 0 Å². The minimum atomic E-state index is -0.200. The van der Waals surface area contributed by atoms with Crippen molar-refractivity contribution >= 4 is 23.2 Å². The van der Waals surface area contributed by atoms with Crippen molar-refractivity contribution in [1.82, 2.24) is 0 Å². The second-order valence-corrected chi connectivity index (χ2v) is 4.76. The summed E-state index contributed by atoms with van der Waals surface area (Å²) in [6, 6.07) is 5.56. The summed E-state index contributed by atoms with van der Waals surface area (Å²) in [6.45, 7) is 4.18. The Bertz CT molecular complexity index is 312. The van der Waals surface area contributed by atoms with Gasteiger partial charge in [-0.2, -0.15) is 0 Å². The van der Waals surface area contributed by atoms with Crippen LogP contribution < -0.4 is 5.73 Å². The van der Waals surface area contributed by atoms with Crippen molar-refractivity contribution in [3.63, 3.8) is 0 Å². The van der Waals surface area contributed by atoms with Crippen LogP contribution in [0.1, 0.15) is 32.3 Å². The summed E-state index contributed by atoms with van der Waals surface area (Å²) >= 11 is 12.2. The lowest BCUT2D eigenvalue weighted by atomic mass is 9.87. The molecule has 1 rings (SSSR count). The molecular formula is C12H17Cl2N. The standard InChI is InChI=1S/C12H17Cl2N/c1-3-12(15,4-2)8-9-10(13)6-5-7-11(9)14/h5-7H,3-4,8,15H2,1-2H3. The SMILES string of the molecule is CCC(N)(CC)Cc1c(Cl)cccc1Cl. The van der Waals surface area contributed by atoms with Gasteiger partial charge in [-0.1, -0.05) is 43.1 Å². The fourth-order valence-corrected chi connectivity index (χ4v) is 2.08. The molecule has 0 aliphatic rings. The quantitative estimate of drug-likeness (QED) is 0.851. The van der Waals surface area contributed by atoms with E-state index in [1.807, 2.05) is 18.2 Å². The van der Waals surface area contributed by atoms with Crippen LogP contribution in [0.2, 0.25) is 10.0 Å². The number of benzene rings is 1. The normalized spacial score (nSPS) is 11.8. The van der Waals surface area contributed by atoms with Crippen LogP contribution in [0.5, 0.6) is 0 Å². The second-order valence-electron chi connectivity index (χ2n) is 3.95. The van der Waals surface area contributed by atoms with Crippen LogP contribution in [0, 0.1) is 0 Å². The van der Waals surface area contributed by atoms with Crippen LogP contribution in [0.25, 0.3) is 0 Å². The van der Waals surface area contributed by atoms with E-state index in [1.165, 1.54) is 0 Å². The smallest absolute Gasteiger partial charge is 0.0453 e. The number of hydrogen-bond donors (Lipinski definition) is 1. The van der Waals surface area contributed by atoms with Gasteiger partial charge < -0.3 is 5.73 Å². The highest BCUT2D eigenvalue weighted by atomic mass is 35.5. The third-order valence-corrected chi connectivity index (χ3v) is 3.71. The first-order valence-electron chi connectivity index (χ1n) is 5.24. The lowest BCUT2D eigenvalue weighted by Gasteiger charge is -2.27. The van der Waals surface area contributed by atoms with Gasteiger partial charge in [0, 0.05) is 15.6 Å². The molecule has 0 fully saturated rings. The van der Waals surface area contributed by atoms with E-state index < -0.39 is 0 Å². The molecule has 1 aromatic carbocycles. The van der Waals surface area contributed by atoms with Gasteiger partial charge >= 0.3 is 0 Å². The van der Waals surface area contributed by atoms with Crippen LogP contribution in [0.15, 0.2) is 18.2 Å². The maximum atomic E-state index is 6.25. The Kier molecular flexibility index (Phi) is 4.45. The minimum absolute atomic E-state index is 0.200. The fraction of sp³-hybridized carbons (Fsp3) is 0.500. The van der Waals surface area contributed by atoms with Crippen molar-refractivity contribution in [3.05, 3.63) is 33.8 Å². The van der Waals surface area contributed by atoms with E-state index in [0.29, 0.717) is 10.0 Å². The maximum absolute atomic E-state index is 6.25. The van der Waals surface area contributed by atoms with E-state index in [0.717, 1.165) is 24.8 Å². The van der Waals surface area contributed by atoms with Gasteiger partial charge in [-0.15, -0.1) is 0 Å². The molecule has 15 heavy (non-hydrogen) atoms. The first-order valence-corrected chi connectivity index (χ1v) is 6.00. The molecule has 1 nitrogen and oxygen atoms in total. The highest BCUT2D eigenvalue weighted by Crippen LogP contribution is 2.29. The Balaban J connectivity index is 2.98. The van der Waals surface area contributed by atoms with Gasteiger partial charge in [-0.3, -0.25) is 0 Å². The average Bonchev–Trinajstić information content (AvgIpc) is 2.23. The Morgan fingerprint density at radius 2 is 1.60 bits per heavy atom. The van der Waals surface area contributed by atoms with Crippen molar-refractivity contribution in [1.29, 1.82) is 0 Å². The van der Waals surface area contributed by atoms with Crippen LogP contribution in [-0.2, 0) is 6.42 Å². The summed E-state index contributed by atoms with van der Waals surface area (Å²) in [5.74, 6) is 0. The zero-order valence-electron chi connectivity index (χ0n) is 9.19. The molecule has 0 atom stereocenters. The largest absolute Gasteiger partial charge is 0.325 e. The van der Waals surface area contributed by atoms with Crippen LogP contribution in [-0.4, -0.2) is 5.54 Å². The van der Waals surface area contributed by atoms with Crippen molar-refractivity contribution in [2.24, 2.45) is 5.73 Å². The predicted molar refractivity (Wildman–Crippen MR) is 67.7 cm³/mol. The van der Waals surface area contributed by atoms with E-state index in [1.54, 1.807) is 0 Å². The monoisotopic (exact) mass is 245 g/mol. The van der Waals surface area contributed by atoms with Gasteiger partial charge in [-0.25, -0.2) is 0 Å². The summed E-state index contributed by atoms with van der Waals surface area (Å²) in [7, 11) is 0. The van der Waals surface area contributed by atoms with E-state index in [9.17, 15) is 0 Å². The molecular weight excluding hydrogens is 229 g/mol. The highest BCUT2D eigenvalue weighted by molar-refractivity contribution is 6.36. The van der Waals surface area contributed by atoms with Crippen LogP contribution in [0.3, 0.4) is 0 Å². The van der Waals surface area contributed by atoms with Crippen molar-refractivity contribution in [2.75, 3.05) is 0 Å². The number of hydrogen-bond acceptors (Lipinski definition) is 1. The Labute approximate surface area is 102 Å². The molecule has 0 aromatic heterocycles. The zero-order chi connectivity index (χ0) is 11.5. The third-order valence-electron chi connectivity index (χ3n) is 3.00. The molecule has 0 radical (unpaired) electrons. The Morgan fingerprint density at radius 1 is 1.13 bits per heavy atom. The topological polar surface area (TPSA) is 26.0 Å². The number of nitrogens with two attached hydrogens (primary N) is 1. The third kappa shape index (κ3) is 3.10. The van der Waals surface area contributed by atoms with Gasteiger partial charge in [0.2, 0.25) is 0 Å². The molecule has 84 valence electrons. The van der Waals surface area contributed by atoms with Gasteiger partial charge in [0.15, 0.2) is 0 Å². The number of halogens is 2. The van der Waals surface area contributed by atoms with E-state index in [4.69, 9.17) is 28.9 Å². The van der Waals surface area contributed by atoms with E-state index in [2.05, 4.69) is 13.8 Å². The Hall–Kier alpha value is -0.240. The predicted octanol–water partition coefficient (Wildman–Crippen LogP) is 4.05. The average molecular weight is 246 g/mol. The first-order chi connectivity index (χ1) is 7.02. The minimum Gasteiger partial charge on any atom is -0.325 e. The lowest BCUT2D eigenvalue weighted by molar-refractivity contribution is 0.393.